The van der Waals surface area contributed by atoms with Crippen LogP contribution in [-0.2, 0) is 5.54 Å². The summed E-state index contributed by atoms with van der Waals surface area (Å²) in [6, 6.07) is 38.8. The normalized spacial score (nSPS) is 15.0. The Bertz CT molecular complexity index is 1980. The Morgan fingerprint density at radius 1 is 0.595 bits per heavy atom. The van der Waals surface area contributed by atoms with E-state index in [4.69, 9.17) is 15.0 Å². The zero-order valence-corrected chi connectivity index (χ0v) is 24.1. The van der Waals surface area contributed by atoms with Crippen LogP contribution >= 0.6 is 0 Å². The Morgan fingerprint density at radius 3 is 1.79 bits per heavy atom. The van der Waals surface area contributed by atoms with Gasteiger partial charge in [0.05, 0.1) is 45.1 Å². The van der Waals surface area contributed by atoms with E-state index in [0.29, 0.717) is 11.5 Å². The van der Waals surface area contributed by atoms with Crippen LogP contribution in [0.1, 0.15) is 33.3 Å². The van der Waals surface area contributed by atoms with E-state index in [1.807, 2.05) is 54.6 Å². The highest BCUT2D eigenvalue weighted by Crippen LogP contribution is 2.51. The second-order valence-corrected chi connectivity index (χ2v) is 11.8. The average molecular weight is 547 g/mol. The van der Waals surface area contributed by atoms with Gasteiger partial charge in [-0.05, 0) is 69.2 Å². The number of anilines is 2. The molecule has 0 spiro atoms. The van der Waals surface area contributed by atoms with E-state index < -0.39 is 5.54 Å². The molecule has 0 bridgehead atoms. The first-order valence-electron chi connectivity index (χ1n) is 14.1. The van der Waals surface area contributed by atoms with Gasteiger partial charge < -0.3 is 4.57 Å². The van der Waals surface area contributed by atoms with Gasteiger partial charge in [-0.15, -0.1) is 0 Å². The SMILES string of the molecule is CC1(C)N(c2nc(-c3ccccc3)cc(-c3ccc(C#N)cc3)n2)c2nc3cc(-c4ccccc4)ccc3n2C1(C)C. The molecule has 0 aliphatic carbocycles. The van der Waals surface area contributed by atoms with Gasteiger partial charge in [0.1, 0.15) is 0 Å². The van der Waals surface area contributed by atoms with Crippen molar-refractivity contribution in [3.05, 3.63) is 115 Å². The standard InChI is InChI=1S/C36H30N6/c1-35(2)36(3,4)42(34-40-31-21-28(19-20-32(31)41(34)35)25-11-7-5-8-12-25)33-38-29(26-13-9-6-10-14-26)22-30(39-33)27-17-15-24(23-37)16-18-27/h5-22H,1-4H3. The number of fused-ring (bicyclic) bond motifs is 3. The van der Waals surface area contributed by atoms with Crippen molar-refractivity contribution in [2.24, 2.45) is 0 Å². The summed E-state index contributed by atoms with van der Waals surface area (Å²) in [7, 11) is 0. The van der Waals surface area contributed by atoms with Crippen LogP contribution in [0.2, 0.25) is 0 Å². The van der Waals surface area contributed by atoms with Crippen LogP contribution in [-0.4, -0.2) is 25.1 Å². The summed E-state index contributed by atoms with van der Waals surface area (Å²) in [5.41, 5.74) is 7.74. The molecule has 6 nitrogen and oxygen atoms in total. The fourth-order valence-corrected chi connectivity index (χ4v) is 5.87. The lowest BCUT2D eigenvalue weighted by Gasteiger charge is -2.40. The van der Waals surface area contributed by atoms with Gasteiger partial charge in [-0.2, -0.15) is 5.26 Å². The quantitative estimate of drug-likeness (QED) is 0.222. The number of benzene rings is 4. The summed E-state index contributed by atoms with van der Waals surface area (Å²) in [6.45, 7) is 8.97. The number of nitriles is 1. The number of rotatable bonds is 4. The maximum Gasteiger partial charge on any atom is 0.233 e. The third-order valence-corrected chi connectivity index (χ3v) is 8.85. The first-order valence-corrected chi connectivity index (χ1v) is 14.1. The molecule has 0 saturated carbocycles. The average Bonchev–Trinajstić information content (AvgIpc) is 3.46. The zero-order valence-electron chi connectivity index (χ0n) is 24.1. The lowest BCUT2D eigenvalue weighted by Crippen LogP contribution is -2.51. The summed E-state index contributed by atoms with van der Waals surface area (Å²) in [5.74, 6) is 1.41. The van der Waals surface area contributed by atoms with Gasteiger partial charge in [0.15, 0.2) is 0 Å². The molecule has 1 aliphatic rings. The minimum atomic E-state index is -0.404. The van der Waals surface area contributed by atoms with Crippen LogP contribution in [0.5, 0.6) is 0 Å². The van der Waals surface area contributed by atoms with Crippen molar-refractivity contribution in [1.82, 2.24) is 19.5 Å². The van der Waals surface area contributed by atoms with Gasteiger partial charge in [0.2, 0.25) is 11.9 Å². The maximum atomic E-state index is 9.33. The molecule has 3 heterocycles. The van der Waals surface area contributed by atoms with E-state index in [1.165, 1.54) is 0 Å². The first kappa shape index (κ1) is 25.7. The van der Waals surface area contributed by atoms with E-state index >= 15 is 0 Å². The summed E-state index contributed by atoms with van der Waals surface area (Å²) in [6.07, 6.45) is 0. The van der Waals surface area contributed by atoms with Crippen molar-refractivity contribution < 1.29 is 0 Å². The van der Waals surface area contributed by atoms with E-state index in [2.05, 4.69) is 97.8 Å². The lowest BCUT2D eigenvalue weighted by atomic mass is 9.82. The van der Waals surface area contributed by atoms with Gasteiger partial charge in [-0.3, -0.25) is 4.90 Å². The molecule has 6 heteroatoms. The molecule has 0 amide bonds. The molecule has 7 rings (SSSR count). The summed E-state index contributed by atoms with van der Waals surface area (Å²) < 4.78 is 2.33. The van der Waals surface area contributed by atoms with Crippen molar-refractivity contribution in [3.63, 3.8) is 0 Å². The van der Waals surface area contributed by atoms with Crippen molar-refractivity contribution >= 4 is 22.9 Å². The first-order chi connectivity index (χ1) is 20.3. The second kappa shape index (κ2) is 9.39. The van der Waals surface area contributed by atoms with Crippen LogP contribution < -0.4 is 4.90 Å². The summed E-state index contributed by atoms with van der Waals surface area (Å²) >= 11 is 0. The number of hydrogen-bond acceptors (Lipinski definition) is 5. The monoisotopic (exact) mass is 546 g/mol. The van der Waals surface area contributed by atoms with Crippen LogP contribution in [0.25, 0.3) is 44.7 Å². The Balaban J connectivity index is 1.44. The van der Waals surface area contributed by atoms with Gasteiger partial charge in [0.25, 0.3) is 0 Å². The molecule has 0 N–H and O–H groups in total. The highest BCUT2D eigenvalue weighted by atomic mass is 15.5. The molecule has 0 atom stereocenters. The van der Waals surface area contributed by atoms with E-state index in [9.17, 15) is 5.26 Å². The molecule has 0 saturated heterocycles. The number of imidazole rings is 1. The summed E-state index contributed by atoms with van der Waals surface area (Å²) in [5, 5.41) is 9.33. The highest BCUT2D eigenvalue weighted by Gasteiger charge is 2.54. The van der Waals surface area contributed by atoms with E-state index in [1.54, 1.807) is 0 Å². The highest BCUT2D eigenvalue weighted by molar-refractivity contribution is 5.87. The molecule has 204 valence electrons. The van der Waals surface area contributed by atoms with Gasteiger partial charge in [-0.1, -0.05) is 78.9 Å². The van der Waals surface area contributed by atoms with Crippen molar-refractivity contribution in [3.8, 4) is 39.7 Å². The molecule has 1 aliphatic heterocycles. The van der Waals surface area contributed by atoms with Crippen molar-refractivity contribution in [1.29, 1.82) is 5.26 Å². The molecule has 4 aromatic carbocycles. The van der Waals surface area contributed by atoms with Crippen LogP contribution in [0, 0.1) is 11.3 Å². The molecule has 42 heavy (non-hydrogen) atoms. The lowest BCUT2D eigenvalue weighted by molar-refractivity contribution is 0.251. The molecule has 0 fully saturated rings. The number of aromatic nitrogens is 4. The fraction of sp³-hybridized carbons (Fsp3) is 0.167. The minimum absolute atomic E-state index is 0.327. The third-order valence-electron chi connectivity index (χ3n) is 8.85. The molecular formula is C36H30N6. The smallest absolute Gasteiger partial charge is 0.233 e. The summed E-state index contributed by atoms with van der Waals surface area (Å²) in [4.78, 5) is 17.7. The van der Waals surface area contributed by atoms with Gasteiger partial charge in [-0.25, -0.2) is 15.0 Å². The van der Waals surface area contributed by atoms with E-state index in [-0.39, 0.29) is 5.54 Å². The Morgan fingerprint density at radius 2 is 1.17 bits per heavy atom. The Hall–Kier alpha value is -5.28. The third kappa shape index (κ3) is 3.89. The largest absolute Gasteiger partial charge is 0.302 e. The van der Waals surface area contributed by atoms with E-state index in [0.717, 1.165) is 50.6 Å². The maximum absolute atomic E-state index is 9.33. The van der Waals surface area contributed by atoms with Crippen molar-refractivity contribution in [2.45, 2.75) is 38.8 Å². The fourth-order valence-electron chi connectivity index (χ4n) is 5.87. The molecule has 6 aromatic rings. The molecule has 2 aromatic heterocycles. The Kier molecular flexibility index (Phi) is 5.74. The van der Waals surface area contributed by atoms with Gasteiger partial charge >= 0.3 is 0 Å². The van der Waals surface area contributed by atoms with Gasteiger partial charge in [0, 0.05) is 11.1 Å². The molecular weight excluding hydrogens is 516 g/mol. The second-order valence-electron chi connectivity index (χ2n) is 11.8. The topological polar surface area (TPSA) is 70.6 Å². The minimum Gasteiger partial charge on any atom is -0.302 e. The number of hydrogen-bond donors (Lipinski definition) is 0. The predicted molar refractivity (Wildman–Crippen MR) is 168 cm³/mol. The predicted octanol–water partition coefficient (Wildman–Crippen LogP) is 8.36. The van der Waals surface area contributed by atoms with Crippen molar-refractivity contribution in [2.75, 3.05) is 4.90 Å². The zero-order chi connectivity index (χ0) is 29.1. The molecule has 0 radical (unpaired) electrons. The van der Waals surface area contributed by atoms with Crippen LogP contribution in [0.4, 0.5) is 11.9 Å². The Labute approximate surface area is 245 Å². The molecule has 0 unspecified atom stereocenters. The van der Waals surface area contributed by atoms with Crippen LogP contribution in [0.15, 0.2) is 109 Å². The number of nitrogens with zero attached hydrogens (tertiary/aromatic N) is 6. The van der Waals surface area contributed by atoms with Crippen LogP contribution in [0.3, 0.4) is 0 Å².